The molecule has 0 saturated heterocycles. The summed E-state index contributed by atoms with van der Waals surface area (Å²) >= 11 is 15.7. The average Bonchev–Trinajstić information content (AvgIpc) is 2.71. The Kier molecular flexibility index (Phi) is 9.66. The van der Waals surface area contributed by atoms with E-state index in [1.54, 1.807) is 31.2 Å². The molecule has 8 heteroatoms. The van der Waals surface area contributed by atoms with E-state index in [1.807, 2.05) is 32.9 Å². The summed E-state index contributed by atoms with van der Waals surface area (Å²) in [5.74, 6) is 0.329. The second-order valence-electron chi connectivity index (χ2n) is 7.77. The van der Waals surface area contributed by atoms with Crippen LogP contribution in [0.25, 0.3) is 0 Å². The smallest absolute Gasteiger partial charge is 0.261 e. The van der Waals surface area contributed by atoms with Crippen molar-refractivity contribution in [3.63, 3.8) is 0 Å². The van der Waals surface area contributed by atoms with Crippen molar-refractivity contribution in [2.24, 2.45) is 5.92 Å². The predicted molar refractivity (Wildman–Crippen MR) is 129 cm³/mol. The molecule has 1 atom stereocenters. The van der Waals surface area contributed by atoms with Crippen LogP contribution in [0.3, 0.4) is 0 Å². The van der Waals surface area contributed by atoms with E-state index in [0.717, 1.165) is 10.0 Å². The molecule has 31 heavy (non-hydrogen) atoms. The monoisotopic (exact) mass is 528 g/mol. The Balaban J connectivity index is 2.19. The molecule has 2 rings (SSSR count). The summed E-state index contributed by atoms with van der Waals surface area (Å²) in [6, 6.07) is 9.86. The molecule has 2 aromatic carbocycles. The number of hydrogen-bond acceptors (Lipinski definition) is 3. The zero-order valence-corrected chi connectivity index (χ0v) is 21.1. The van der Waals surface area contributed by atoms with Crippen LogP contribution in [0.15, 0.2) is 40.9 Å². The Morgan fingerprint density at radius 1 is 1.13 bits per heavy atom. The minimum Gasteiger partial charge on any atom is -0.484 e. The average molecular weight is 530 g/mol. The Labute approximate surface area is 202 Å². The van der Waals surface area contributed by atoms with E-state index in [1.165, 1.54) is 4.90 Å². The van der Waals surface area contributed by atoms with Crippen LogP contribution in [-0.4, -0.2) is 35.9 Å². The number of amides is 2. The number of nitrogens with zero attached hydrogens (tertiary/aromatic N) is 1. The second-order valence-corrected chi connectivity index (χ2v) is 9.47. The third kappa shape index (κ3) is 7.70. The maximum Gasteiger partial charge on any atom is 0.261 e. The molecule has 0 aromatic heterocycles. The lowest BCUT2D eigenvalue weighted by molar-refractivity contribution is -0.142. The van der Waals surface area contributed by atoms with Crippen LogP contribution in [0.1, 0.15) is 31.9 Å². The molecular formula is C23H27BrCl2N2O3. The van der Waals surface area contributed by atoms with Crippen molar-refractivity contribution in [2.45, 2.75) is 40.3 Å². The molecule has 0 heterocycles. The summed E-state index contributed by atoms with van der Waals surface area (Å²) in [5.41, 5.74) is 1.69. The van der Waals surface area contributed by atoms with Gasteiger partial charge in [0.05, 0.1) is 0 Å². The highest BCUT2D eigenvalue weighted by molar-refractivity contribution is 9.10. The number of hydrogen-bond donors (Lipinski definition) is 1. The van der Waals surface area contributed by atoms with Crippen LogP contribution in [0.2, 0.25) is 10.0 Å². The number of ether oxygens (including phenoxy) is 1. The molecule has 0 spiro atoms. The number of rotatable bonds is 9. The van der Waals surface area contributed by atoms with Crippen molar-refractivity contribution in [2.75, 3.05) is 13.2 Å². The molecule has 1 N–H and O–H groups in total. The van der Waals surface area contributed by atoms with E-state index in [2.05, 4.69) is 21.2 Å². The van der Waals surface area contributed by atoms with Gasteiger partial charge in [-0.3, -0.25) is 9.59 Å². The molecule has 0 fully saturated rings. The van der Waals surface area contributed by atoms with Crippen LogP contribution < -0.4 is 10.1 Å². The Hall–Kier alpha value is -1.76. The number of halogens is 3. The highest BCUT2D eigenvalue weighted by atomic mass is 79.9. The molecule has 168 valence electrons. The van der Waals surface area contributed by atoms with E-state index in [0.29, 0.717) is 33.8 Å². The Morgan fingerprint density at radius 3 is 2.45 bits per heavy atom. The van der Waals surface area contributed by atoms with E-state index < -0.39 is 6.04 Å². The molecule has 0 bridgehead atoms. The lowest BCUT2D eigenvalue weighted by atomic mass is 10.1. The first-order valence-electron chi connectivity index (χ1n) is 9.98. The SMILES string of the molecule is Cc1cc(OCC(=O)N(Cc2ccc(Cl)cc2Cl)C(C)C(=O)NCC(C)C)ccc1Br. The highest BCUT2D eigenvalue weighted by Crippen LogP contribution is 2.24. The van der Waals surface area contributed by atoms with Gasteiger partial charge in [-0.25, -0.2) is 0 Å². The third-order valence-corrected chi connectivity index (χ3v) is 6.18. The molecule has 0 radical (unpaired) electrons. The highest BCUT2D eigenvalue weighted by Gasteiger charge is 2.27. The molecule has 0 aliphatic carbocycles. The van der Waals surface area contributed by atoms with Crippen LogP contribution in [0.4, 0.5) is 0 Å². The normalized spacial score (nSPS) is 11.9. The van der Waals surface area contributed by atoms with Crippen LogP contribution in [-0.2, 0) is 16.1 Å². The Morgan fingerprint density at radius 2 is 1.84 bits per heavy atom. The van der Waals surface area contributed by atoms with E-state index >= 15 is 0 Å². The van der Waals surface area contributed by atoms with Crippen molar-refractivity contribution >= 4 is 50.9 Å². The standard InChI is InChI=1S/C23H27BrCl2N2O3/c1-14(2)11-27-23(30)16(4)28(12-17-5-6-18(25)10-21(17)26)22(29)13-31-19-7-8-20(24)15(3)9-19/h5-10,14,16H,11-13H2,1-4H3,(H,27,30). The van der Waals surface area contributed by atoms with Gasteiger partial charge in [-0.15, -0.1) is 0 Å². The van der Waals surface area contributed by atoms with Crippen molar-refractivity contribution in [3.05, 3.63) is 62.0 Å². The second kappa shape index (κ2) is 11.7. The van der Waals surface area contributed by atoms with Gasteiger partial charge in [0.2, 0.25) is 5.91 Å². The quantitative estimate of drug-likeness (QED) is 0.457. The first-order chi connectivity index (χ1) is 14.6. The molecule has 0 aliphatic rings. The molecular weight excluding hydrogens is 503 g/mol. The molecule has 0 saturated carbocycles. The largest absolute Gasteiger partial charge is 0.484 e. The third-order valence-electron chi connectivity index (χ3n) is 4.70. The van der Waals surface area contributed by atoms with Gasteiger partial charge in [-0.1, -0.05) is 59.0 Å². The maximum atomic E-state index is 13.1. The summed E-state index contributed by atoms with van der Waals surface area (Å²) in [7, 11) is 0. The maximum absolute atomic E-state index is 13.1. The van der Waals surface area contributed by atoms with Crippen LogP contribution in [0.5, 0.6) is 5.75 Å². The first kappa shape index (κ1) is 25.5. The lowest BCUT2D eigenvalue weighted by Crippen LogP contribution is -2.49. The topological polar surface area (TPSA) is 58.6 Å². The molecule has 5 nitrogen and oxygen atoms in total. The van der Waals surface area contributed by atoms with Gasteiger partial charge in [0.25, 0.3) is 5.91 Å². The van der Waals surface area contributed by atoms with Crippen molar-refractivity contribution in [1.29, 1.82) is 0 Å². The summed E-state index contributed by atoms with van der Waals surface area (Å²) in [6.45, 7) is 8.14. The van der Waals surface area contributed by atoms with Gasteiger partial charge >= 0.3 is 0 Å². The Bertz CT molecular complexity index is 937. The van der Waals surface area contributed by atoms with E-state index in [4.69, 9.17) is 27.9 Å². The molecule has 2 amide bonds. The summed E-state index contributed by atoms with van der Waals surface area (Å²) in [6.07, 6.45) is 0. The summed E-state index contributed by atoms with van der Waals surface area (Å²) < 4.78 is 6.66. The number of carbonyl (C=O) groups is 2. The van der Waals surface area contributed by atoms with Crippen molar-refractivity contribution in [3.8, 4) is 5.75 Å². The minimum absolute atomic E-state index is 0.161. The fourth-order valence-electron chi connectivity index (χ4n) is 2.80. The van der Waals surface area contributed by atoms with Gasteiger partial charge < -0.3 is 15.0 Å². The zero-order chi connectivity index (χ0) is 23.1. The number of carbonyl (C=O) groups excluding carboxylic acids is 2. The molecule has 1 unspecified atom stereocenters. The van der Waals surface area contributed by atoms with Gasteiger partial charge in [0.15, 0.2) is 6.61 Å². The van der Waals surface area contributed by atoms with Gasteiger partial charge in [-0.2, -0.15) is 0 Å². The fraction of sp³-hybridized carbons (Fsp3) is 0.391. The lowest BCUT2D eigenvalue weighted by Gasteiger charge is -2.29. The summed E-state index contributed by atoms with van der Waals surface area (Å²) in [4.78, 5) is 27.2. The number of nitrogens with one attached hydrogen (secondary N) is 1. The van der Waals surface area contributed by atoms with Crippen LogP contribution >= 0.6 is 39.1 Å². The first-order valence-corrected chi connectivity index (χ1v) is 11.5. The van der Waals surface area contributed by atoms with Crippen molar-refractivity contribution in [1.82, 2.24) is 10.2 Å². The van der Waals surface area contributed by atoms with Crippen molar-refractivity contribution < 1.29 is 14.3 Å². The van der Waals surface area contributed by atoms with Gasteiger partial charge in [0.1, 0.15) is 11.8 Å². The summed E-state index contributed by atoms with van der Waals surface area (Å²) in [5, 5.41) is 3.82. The number of benzene rings is 2. The van der Waals surface area contributed by atoms with Crippen LogP contribution in [0, 0.1) is 12.8 Å². The molecule has 2 aromatic rings. The van der Waals surface area contributed by atoms with Gasteiger partial charge in [-0.05, 0) is 61.2 Å². The molecule has 0 aliphatic heterocycles. The minimum atomic E-state index is -0.701. The van der Waals surface area contributed by atoms with Gasteiger partial charge in [0, 0.05) is 27.6 Å². The number of aryl methyl sites for hydroxylation is 1. The predicted octanol–water partition coefficient (Wildman–Crippen LogP) is 5.63. The zero-order valence-electron chi connectivity index (χ0n) is 18.0. The van der Waals surface area contributed by atoms with E-state index in [-0.39, 0.29) is 25.0 Å². The fourth-order valence-corrected chi connectivity index (χ4v) is 3.52. The van der Waals surface area contributed by atoms with E-state index in [9.17, 15) is 9.59 Å².